The van der Waals surface area contributed by atoms with Crippen molar-refractivity contribution in [3.8, 4) is 0 Å². The number of nitrogens with zero attached hydrogens (tertiary/aromatic N) is 1. The van der Waals surface area contributed by atoms with Crippen LogP contribution in [0.4, 0.5) is 0 Å². The Morgan fingerprint density at radius 1 is 0.789 bits per heavy atom. The van der Waals surface area contributed by atoms with E-state index in [0.29, 0.717) is 0 Å². The van der Waals surface area contributed by atoms with Crippen molar-refractivity contribution < 1.29 is 8.42 Å². The summed E-state index contributed by atoms with van der Waals surface area (Å²) in [5.74, 6) is 0. The van der Waals surface area contributed by atoms with Gasteiger partial charge in [0.1, 0.15) is 0 Å². The molecule has 1 aliphatic rings. The summed E-state index contributed by atoms with van der Waals surface area (Å²) < 4.78 is 25.3. The van der Waals surface area contributed by atoms with Gasteiger partial charge in [-0.1, -0.05) is 60.7 Å². The summed E-state index contributed by atoms with van der Waals surface area (Å²) >= 11 is 0. The van der Waals surface area contributed by atoms with Crippen LogP contribution in [0.25, 0.3) is 0 Å². The molecule has 0 spiro atoms. The van der Waals surface area contributed by atoms with E-state index in [2.05, 4.69) is 0 Å². The summed E-state index contributed by atoms with van der Waals surface area (Å²) in [7, 11) is -3.19. The lowest BCUT2D eigenvalue weighted by Crippen LogP contribution is -2.10. The molecule has 2 aromatic carbocycles. The lowest BCUT2D eigenvalue weighted by Gasteiger charge is -2.00. The topological polar surface area (TPSA) is 37.1 Å². The van der Waals surface area contributed by atoms with Crippen molar-refractivity contribution in [3.05, 3.63) is 71.8 Å². The monoisotopic (exact) mass is 273 g/mol. The van der Waals surface area contributed by atoms with Crippen molar-refractivity contribution in [2.75, 3.05) is 6.26 Å². The molecule has 19 heavy (non-hydrogen) atoms. The summed E-state index contributed by atoms with van der Waals surface area (Å²) in [6.07, 6.45) is 1.27. The summed E-state index contributed by atoms with van der Waals surface area (Å²) in [6, 6.07) is 19.4. The Labute approximate surface area is 113 Å². The quantitative estimate of drug-likeness (QED) is 0.806. The maximum atomic E-state index is 11.9. The smallest absolute Gasteiger partial charge is 0.212 e. The van der Waals surface area contributed by atoms with Gasteiger partial charge in [0, 0.05) is 0 Å². The molecule has 0 bridgehead atoms. The first kappa shape index (κ1) is 12.4. The van der Waals surface area contributed by atoms with Gasteiger partial charge < -0.3 is 0 Å². The second-order valence-corrected chi connectivity index (χ2v) is 6.69. The van der Waals surface area contributed by atoms with Gasteiger partial charge in [-0.15, -0.1) is 0 Å². The molecule has 98 valence electrons. The fourth-order valence-electron chi connectivity index (χ4n) is 2.58. The van der Waals surface area contributed by atoms with Crippen LogP contribution >= 0.6 is 0 Å². The van der Waals surface area contributed by atoms with Crippen LogP contribution in [0.15, 0.2) is 60.7 Å². The Morgan fingerprint density at radius 3 is 1.47 bits per heavy atom. The Hall–Kier alpha value is -1.65. The third kappa shape index (κ3) is 2.29. The van der Waals surface area contributed by atoms with Gasteiger partial charge in [0.05, 0.1) is 18.3 Å². The lowest BCUT2D eigenvalue weighted by molar-refractivity contribution is 0.554. The molecule has 2 atom stereocenters. The molecule has 1 fully saturated rings. The van der Waals surface area contributed by atoms with Gasteiger partial charge in [0.15, 0.2) is 0 Å². The third-order valence-corrected chi connectivity index (χ3v) is 4.64. The minimum absolute atomic E-state index is 0.0707. The molecule has 3 rings (SSSR count). The number of sulfonamides is 1. The molecule has 0 aliphatic carbocycles. The molecule has 0 N–H and O–H groups in total. The highest BCUT2D eigenvalue weighted by Gasteiger charge is 2.54. The van der Waals surface area contributed by atoms with Crippen LogP contribution in [-0.2, 0) is 10.0 Å². The Morgan fingerprint density at radius 2 is 1.16 bits per heavy atom. The van der Waals surface area contributed by atoms with Gasteiger partial charge in [-0.2, -0.15) is 4.31 Å². The van der Waals surface area contributed by atoms with E-state index in [1.54, 1.807) is 4.31 Å². The van der Waals surface area contributed by atoms with Crippen LogP contribution < -0.4 is 0 Å². The summed E-state index contributed by atoms with van der Waals surface area (Å²) in [5.41, 5.74) is 2.09. The van der Waals surface area contributed by atoms with Crippen molar-refractivity contribution in [1.29, 1.82) is 0 Å². The van der Waals surface area contributed by atoms with Gasteiger partial charge in [0.25, 0.3) is 0 Å². The molecule has 0 amide bonds. The van der Waals surface area contributed by atoms with E-state index in [-0.39, 0.29) is 12.1 Å². The SMILES string of the molecule is CS(=O)(=O)N1[C@@H](c2ccccc2)[C@@H]1c1ccccc1. The van der Waals surface area contributed by atoms with Gasteiger partial charge in [0.2, 0.25) is 10.0 Å². The highest BCUT2D eigenvalue weighted by molar-refractivity contribution is 7.88. The van der Waals surface area contributed by atoms with E-state index in [0.717, 1.165) is 11.1 Å². The Balaban J connectivity index is 2.00. The predicted octanol–water partition coefficient (Wildman–Crippen LogP) is 2.74. The molecule has 3 nitrogen and oxygen atoms in total. The Kier molecular flexibility index (Phi) is 2.92. The maximum absolute atomic E-state index is 11.9. The average molecular weight is 273 g/mol. The first-order chi connectivity index (χ1) is 9.09. The normalized spacial score (nSPS) is 26.1. The van der Waals surface area contributed by atoms with Crippen molar-refractivity contribution >= 4 is 10.0 Å². The molecular formula is C15H15NO2S. The van der Waals surface area contributed by atoms with Gasteiger partial charge in [-0.25, -0.2) is 8.42 Å². The molecule has 0 radical (unpaired) electrons. The zero-order valence-corrected chi connectivity index (χ0v) is 11.4. The molecule has 2 aromatic rings. The Bertz CT molecular complexity index is 622. The van der Waals surface area contributed by atoms with E-state index in [1.807, 2.05) is 60.7 Å². The van der Waals surface area contributed by atoms with Crippen LogP contribution in [0, 0.1) is 0 Å². The van der Waals surface area contributed by atoms with Crippen molar-refractivity contribution in [1.82, 2.24) is 4.31 Å². The van der Waals surface area contributed by atoms with E-state index in [1.165, 1.54) is 6.26 Å². The lowest BCUT2D eigenvalue weighted by atomic mass is 10.0. The van der Waals surface area contributed by atoms with Gasteiger partial charge >= 0.3 is 0 Å². The summed E-state index contributed by atoms with van der Waals surface area (Å²) in [5, 5.41) is 0. The minimum Gasteiger partial charge on any atom is -0.212 e. The molecule has 4 heteroatoms. The van der Waals surface area contributed by atoms with Crippen molar-refractivity contribution in [3.63, 3.8) is 0 Å². The first-order valence-corrected chi connectivity index (χ1v) is 8.02. The largest absolute Gasteiger partial charge is 0.212 e. The zero-order valence-electron chi connectivity index (χ0n) is 10.6. The molecular weight excluding hydrogens is 258 g/mol. The van der Waals surface area contributed by atoms with Crippen molar-refractivity contribution in [2.45, 2.75) is 12.1 Å². The average Bonchev–Trinajstić information content (AvgIpc) is 3.16. The first-order valence-electron chi connectivity index (χ1n) is 6.17. The van der Waals surface area contributed by atoms with Crippen LogP contribution in [0.5, 0.6) is 0 Å². The molecule has 1 saturated heterocycles. The summed E-state index contributed by atoms with van der Waals surface area (Å²) in [4.78, 5) is 0. The minimum atomic E-state index is -3.19. The maximum Gasteiger partial charge on any atom is 0.212 e. The number of hydrogen-bond donors (Lipinski definition) is 0. The number of rotatable bonds is 3. The van der Waals surface area contributed by atoms with E-state index in [4.69, 9.17) is 0 Å². The highest BCUT2D eigenvalue weighted by atomic mass is 32.2. The van der Waals surface area contributed by atoms with Crippen LogP contribution in [0.2, 0.25) is 0 Å². The van der Waals surface area contributed by atoms with Gasteiger partial charge in [-0.05, 0) is 11.1 Å². The standard InChI is InChI=1S/C15H15NO2S/c1-19(17,18)16-14(12-8-4-2-5-9-12)15(16)13-10-6-3-7-11-13/h2-11,14-15H,1H3/t14-,15-/m0/s1. The predicted molar refractivity (Wildman–Crippen MR) is 75.0 cm³/mol. The van der Waals surface area contributed by atoms with Crippen LogP contribution in [0.1, 0.15) is 23.2 Å². The highest BCUT2D eigenvalue weighted by Crippen LogP contribution is 2.56. The zero-order chi connectivity index (χ0) is 13.5. The fourth-order valence-corrected chi connectivity index (χ4v) is 3.83. The fraction of sp³-hybridized carbons (Fsp3) is 0.200. The number of hydrogen-bond acceptors (Lipinski definition) is 2. The van der Waals surface area contributed by atoms with E-state index in [9.17, 15) is 8.42 Å². The van der Waals surface area contributed by atoms with E-state index >= 15 is 0 Å². The summed E-state index contributed by atoms with van der Waals surface area (Å²) in [6.45, 7) is 0. The molecule has 1 heterocycles. The van der Waals surface area contributed by atoms with Crippen LogP contribution in [0.3, 0.4) is 0 Å². The molecule has 1 aliphatic heterocycles. The van der Waals surface area contributed by atoms with Gasteiger partial charge in [-0.3, -0.25) is 0 Å². The third-order valence-electron chi connectivity index (χ3n) is 3.42. The molecule has 0 aromatic heterocycles. The second-order valence-electron chi connectivity index (χ2n) is 4.80. The van der Waals surface area contributed by atoms with Crippen LogP contribution in [-0.4, -0.2) is 19.0 Å². The molecule has 0 unspecified atom stereocenters. The second kappa shape index (κ2) is 4.47. The number of benzene rings is 2. The van der Waals surface area contributed by atoms with Crippen molar-refractivity contribution in [2.24, 2.45) is 0 Å². The molecule has 0 saturated carbocycles. The van der Waals surface area contributed by atoms with E-state index < -0.39 is 10.0 Å².